The van der Waals surface area contributed by atoms with E-state index < -0.39 is 5.97 Å². The summed E-state index contributed by atoms with van der Waals surface area (Å²) in [4.78, 5) is 25.0. The number of furan rings is 1. The van der Waals surface area contributed by atoms with E-state index in [2.05, 4.69) is 0 Å². The largest absolute Gasteiger partial charge is 0.475 e. The van der Waals surface area contributed by atoms with Crippen LogP contribution in [0.4, 0.5) is 4.39 Å². The molecule has 1 aromatic heterocycles. The highest BCUT2D eigenvalue weighted by Gasteiger charge is 2.32. The van der Waals surface area contributed by atoms with E-state index in [1.54, 1.807) is 17.0 Å². The number of hydrogen-bond donors (Lipinski definition) is 1. The van der Waals surface area contributed by atoms with Crippen molar-refractivity contribution in [1.29, 1.82) is 0 Å². The van der Waals surface area contributed by atoms with E-state index in [0.717, 1.165) is 18.4 Å². The Morgan fingerprint density at radius 1 is 1.14 bits per heavy atom. The van der Waals surface area contributed by atoms with E-state index in [-0.39, 0.29) is 29.3 Å². The lowest BCUT2D eigenvalue weighted by molar-refractivity contribution is 0.0645. The highest BCUT2D eigenvalue weighted by Crippen LogP contribution is 2.33. The number of benzene rings is 1. The second-order valence-electron chi connectivity index (χ2n) is 5.18. The highest BCUT2D eigenvalue weighted by molar-refractivity contribution is 5.94. The zero-order chi connectivity index (χ0) is 15.7. The first kappa shape index (κ1) is 14.3. The molecule has 5 nitrogen and oxygen atoms in total. The van der Waals surface area contributed by atoms with Crippen LogP contribution in [0.5, 0.6) is 0 Å². The molecule has 2 aromatic rings. The molecular weight excluding hydrogens is 289 g/mol. The normalized spacial score (nSPS) is 17.7. The first-order valence-electron chi connectivity index (χ1n) is 6.96. The molecule has 1 N–H and O–H groups in total. The second-order valence-corrected chi connectivity index (χ2v) is 5.18. The summed E-state index contributed by atoms with van der Waals surface area (Å²) < 4.78 is 18.1. The molecule has 3 rings (SSSR count). The van der Waals surface area contributed by atoms with E-state index in [9.17, 15) is 14.0 Å². The topological polar surface area (TPSA) is 70.8 Å². The number of nitrogens with zero attached hydrogens (tertiary/aromatic N) is 1. The number of carboxylic acid groups (broad SMARTS) is 1. The van der Waals surface area contributed by atoms with Gasteiger partial charge in [-0.2, -0.15) is 0 Å². The fourth-order valence-electron chi connectivity index (χ4n) is 2.75. The monoisotopic (exact) mass is 303 g/mol. The Balaban J connectivity index is 1.84. The number of halogens is 1. The third kappa shape index (κ3) is 2.59. The van der Waals surface area contributed by atoms with Gasteiger partial charge in [-0.15, -0.1) is 0 Å². The van der Waals surface area contributed by atoms with Crippen LogP contribution in [0.15, 0.2) is 40.8 Å². The average Bonchev–Trinajstić information content (AvgIpc) is 3.17. The van der Waals surface area contributed by atoms with E-state index in [1.165, 1.54) is 24.3 Å². The van der Waals surface area contributed by atoms with Gasteiger partial charge in [-0.25, -0.2) is 9.18 Å². The van der Waals surface area contributed by atoms with E-state index in [0.29, 0.717) is 6.54 Å². The van der Waals surface area contributed by atoms with Crippen LogP contribution >= 0.6 is 0 Å². The van der Waals surface area contributed by atoms with Crippen LogP contribution in [-0.4, -0.2) is 28.4 Å². The molecule has 1 amide bonds. The third-order valence-electron chi connectivity index (χ3n) is 3.80. The Labute approximate surface area is 126 Å². The van der Waals surface area contributed by atoms with Crippen LogP contribution in [0.1, 0.15) is 45.6 Å². The lowest BCUT2D eigenvalue weighted by Gasteiger charge is -2.24. The number of amides is 1. The van der Waals surface area contributed by atoms with Crippen molar-refractivity contribution in [2.24, 2.45) is 0 Å². The maximum absolute atomic E-state index is 13.0. The van der Waals surface area contributed by atoms with Crippen molar-refractivity contribution < 1.29 is 23.5 Å². The number of carboxylic acids is 1. The van der Waals surface area contributed by atoms with Crippen molar-refractivity contribution in [3.63, 3.8) is 0 Å². The molecule has 114 valence electrons. The van der Waals surface area contributed by atoms with E-state index >= 15 is 0 Å². The summed E-state index contributed by atoms with van der Waals surface area (Å²) in [7, 11) is 0. The summed E-state index contributed by atoms with van der Waals surface area (Å²) in [6.07, 6.45) is 1.62. The molecule has 1 aliphatic heterocycles. The van der Waals surface area contributed by atoms with E-state index in [4.69, 9.17) is 9.52 Å². The average molecular weight is 303 g/mol. The summed E-state index contributed by atoms with van der Waals surface area (Å²) in [5.41, 5.74) is 0.859. The Hall–Kier alpha value is -2.63. The maximum Gasteiger partial charge on any atom is 0.371 e. The molecule has 0 spiro atoms. The van der Waals surface area contributed by atoms with E-state index in [1.807, 2.05) is 0 Å². The van der Waals surface area contributed by atoms with Crippen LogP contribution in [-0.2, 0) is 0 Å². The molecule has 0 bridgehead atoms. The first-order chi connectivity index (χ1) is 10.6. The lowest BCUT2D eigenvalue weighted by Crippen LogP contribution is -2.30. The summed E-state index contributed by atoms with van der Waals surface area (Å²) in [6, 6.07) is 8.54. The zero-order valence-corrected chi connectivity index (χ0v) is 11.7. The van der Waals surface area contributed by atoms with Crippen molar-refractivity contribution >= 4 is 11.9 Å². The molecule has 1 aliphatic rings. The quantitative estimate of drug-likeness (QED) is 0.946. The molecule has 2 heterocycles. The van der Waals surface area contributed by atoms with Crippen LogP contribution in [0.3, 0.4) is 0 Å². The number of rotatable bonds is 3. The first-order valence-corrected chi connectivity index (χ1v) is 6.96. The Morgan fingerprint density at radius 2 is 1.82 bits per heavy atom. The molecule has 0 radical (unpaired) electrons. The zero-order valence-electron chi connectivity index (χ0n) is 11.7. The van der Waals surface area contributed by atoms with Crippen molar-refractivity contribution in [2.45, 2.75) is 18.9 Å². The minimum absolute atomic E-state index is 0.00594. The number of aromatic carboxylic acids is 1. The van der Waals surface area contributed by atoms with Gasteiger partial charge in [0.1, 0.15) is 5.82 Å². The van der Waals surface area contributed by atoms with Gasteiger partial charge in [0.25, 0.3) is 5.91 Å². The summed E-state index contributed by atoms with van der Waals surface area (Å²) >= 11 is 0. The van der Waals surface area contributed by atoms with Crippen molar-refractivity contribution in [1.82, 2.24) is 4.90 Å². The van der Waals surface area contributed by atoms with Crippen LogP contribution in [0, 0.1) is 5.82 Å². The van der Waals surface area contributed by atoms with Crippen molar-refractivity contribution in [3.05, 3.63) is 59.3 Å². The Morgan fingerprint density at radius 3 is 2.45 bits per heavy atom. The van der Waals surface area contributed by atoms with Crippen LogP contribution in [0.2, 0.25) is 0 Å². The van der Waals surface area contributed by atoms with Gasteiger partial charge in [0, 0.05) is 6.54 Å². The molecule has 0 aliphatic carbocycles. The molecule has 6 heteroatoms. The predicted molar refractivity (Wildman–Crippen MR) is 75.1 cm³/mol. The highest BCUT2D eigenvalue weighted by atomic mass is 19.1. The van der Waals surface area contributed by atoms with Gasteiger partial charge in [-0.05, 0) is 42.7 Å². The number of carbonyl (C=O) groups excluding carboxylic acids is 1. The number of likely N-dealkylation sites (tertiary alicyclic amines) is 1. The maximum atomic E-state index is 13.0. The van der Waals surface area contributed by atoms with Gasteiger partial charge in [-0.1, -0.05) is 12.1 Å². The van der Waals surface area contributed by atoms with Gasteiger partial charge in [0.15, 0.2) is 5.76 Å². The third-order valence-corrected chi connectivity index (χ3v) is 3.80. The molecule has 1 saturated heterocycles. The fourth-order valence-corrected chi connectivity index (χ4v) is 2.75. The predicted octanol–water partition coefficient (Wildman–Crippen LogP) is 3.09. The lowest BCUT2D eigenvalue weighted by atomic mass is 10.0. The summed E-state index contributed by atoms with van der Waals surface area (Å²) in [5.74, 6) is -2.14. The minimum atomic E-state index is -1.21. The SMILES string of the molecule is O=C(O)c1ccc(C(=O)N2CCCC2c2ccc(F)cc2)o1. The fraction of sp³-hybridized carbons (Fsp3) is 0.250. The molecule has 1 aromatic carbocycles. The molecule has 1 atom stereocenters. The standard InChI is InChI=1S/C16H14FNO4/c17-11-5-3-10(4-6-11)12-2-1-9-18(12)15(19)13-7-8-14(22-13)16(20)21/h3-8,12H,1-2,9H2,(H,20,21). The Kier molecular flexibility index (Phi) is 3.66. The van der Waals surface area contributed by atoms with Gasteiger partial charge >= 0.3 is 5.97 Å². The van der Waals surface area contributed by atoms with Crippen molar-refractivity contribution in [2.75, 3.05) is 6.54 Å². The molecule has 22 heavy (non-hydrogen) atoms. The Bertz CT molecular complexity index is 707. The molecular formula is C16H14FNO4. The summed E-state index contributed by atoms with van der Waals surface area (Å²) in [6.45, 7) is 0.560. The van der Waals surface area contributed by atoms with Gasteiger partial charge < -0.3 is 14.4 Å². The second kappa shape index (κ2) is 5.63. The molecule has 1 unspecified atom stereocenters. The number of hydrogen-bond acceptors (Lipinski definition) is 3. The molecule has 1 fully saturated rings. The number of carbonyl (C=O) groups is 2. The smallest absolute Gasteiger partial charge is 0.371 e. The van der Waals surface area contributed by atoms with Crippen LogP contribution < -0.4 is 0 Å². The van der Waals surface area contributed by atoms with Crippen LogP contribution in [0.25, 0.3) is 0 Å². The van der Waals surface area contributed by atoms with Gasteiger partial charge in [0.2, 0.25) is 5.76 Å². The van der Waals surface area contributed by atoms with Crippen molar-refractivity contribution in [3.8, 4) is 0 Å². The van der Waals surface area contributed by atoms with Gasteiger partial charge in [0.05, 0.1) is 6.04 Å². The van der Waals surface area contributed by atoms with Gasteiger partial charge in [-0.3, -0.25) is 4.79 Å². The minimum Gasteiger partial charge on any atom is -0.475 e. The molecule has 0 saturated carbocycles. The summed E-state index contributed by atoms with van der Waals surface area (Å²) in [5, 5.41) is 8.85.